The lowest BCUT2D eigenvalue weighted by molar-refractivity contribution is -0.126. The first kappa shape index (κ1) is 20.8. The van der Waals surface area contributed by atoms with Crippen molar-refractivity contribution in [3.63, 3.8) is 0 Å². The minimum atomic E-state index is -0.512. The van der Waals surface area contributed by atoms with Gasteiger partial charge in [0.05, 0.1) is 11.2 Å². The van der Waals surface area contributed by atoms with Crippen LogP contribution in [0.25, 0.3) is 6.08 Å². The third-order valence-electron chi connectivity index (χ3n) is 4.86. The summed E-state index contributed by atoms with van der Waals surface area (Å²) in [6, 6.07) is 11.6. The van der Waals surface area contributed by atoms with Crippen molar-refractivity contribution in [2.24, 2.45) is 0 Å². The van der Waals surface area contributed by atoms with Gasteiger partial charge in [-0.1, -0.05) is 17.7 Å². The molecule has 0 N–H and O–H groups in total. The number of amides is 1. The molecule has 0 bridgehead atoms. The first-order valence-corrected chi connectivity index (χ1v) is 10.2. The summed E-state index contributed by atoms with van der Waals surface area (Å²) in [6.07, 6.45) is 7.81. The molecule has 1 saturated heterocycles. The van der Waals surface area contributed by atoms with Gasteiger partial charge in [-0.05, 0) is 48.0 Å². The number of pyridine rings is 2. The van der Waals surface area contributed by atoms with E-state index in [2.05, 4.69) is 14.9 Å². The summed E-state index contributed by atoms with van der Waals surface area (Å²) >= 11 is 5.88. The van der Waals surface area contributed by atoms with E-state index in [0.29, 0.717) is 42.5 Å². The Hall–Kier alpha value is -3.45. The molecule has 4 rings (SSSR count). The zero-order chi connectivity index (χ0) is 21.6. The molecule has 1 aliphatic heterocycles. The van der Waals surface area contributed by atoms with Crippen molar-refractivity contribution in [3.05, 3.63) is 83.5 Å². The molecule has 31 heavy (non-hydrogen) atoms. The van der Waals surface area contributed by atoms with Crippen molar-refractivity contribution in [3.8, 4) is 11.5 Å². The normalized spacial score (nSPS) is 14.1. The number of halogens is 2. The Labute approximate surface area is 184 Å². The molecule has 1 aromatic carbocycles. The Bertz CT molecular complexity index is 1070. The number of hydrogen-bond donors (Lipinski definition) is 0. The minimum Gasteiger partial charge on any atom is -0.453 e. The highest BCUT2D eigenvalue weighted by molar-refractivity contribution is 6.30. The van der Waals surface area contributed by atoms with Crippen molar-refractivity contribution < 1.29 is 13.9 Å². The van der Waals surface area contributed by atoms with E-state index in [-0.39, 0.29) is 11.7 Å². The largest absolute Gasteiger partial charge is 0.453 e. The zero-order valence-electron chi connectivity index (χ0n) is 16.6. The van der Waals surface area contributed by atoms with E-state index < -0.39 is 5.82 Å². The van der Waals surface area contributed by atoms with Crippen LogP contribution in [0.1, 0.15) is 5.56 Å². The maximum absolute atomic E-state index is 14.3. The van der Waals surface area contributed by atoms with E-state index in [4.69, 9.17) is 16.3 Å². The fourth-order valence-corrected chi connectivity index (χ4v) is 3.33. The van der Waals surface area contributed by atoms with Crippen LogP contribution >= 0.6 is 11.6 Å². The number of carbonyl (C=O) groups excluding carboxylic acids is 1. The number of ether oxygens (including phenoxy) is 1. The van der Waals surface area contributed by atoms with Crippen LogP contribution in [-0.2, 0) is 4.79 Å². The topological polar surface area (TPSA) is 58.6 Å². The summed E-state index contributed by atoms with van der Waals surface area (Å²) in [7, 11) is 0. The van der Waals surface area contributed by atoms with Crippen LogP contribution in [0.2, 0.25) is 5.02 Å². The van der Waals surface area contributed by atoms with Crippen LogP contribution < -0.4 is 9.64 Å². The molecule has 1 aliphatic rings. The number of benzene rings is 1. The monoisotopic (exact) mass is 438 g/mol. The number of nitrogens with zero attached hydrogens (tertiary/aromatic N) is 4. The van der Waals surface area contributed by atoms with Gasteiger partial charge in [-0.15, -0.1) is 0 Å². The lowest BCUT2D eigenvalue weighted by Gasteiger charge is -2.34. The van der Waals surface area contributed by atoms with E-state index in [1.807, 2.05) is 6.07 Å². The number of carbonyl (C=O) groups is 1. The molecule has 0 spiro atoms. The quantitative estimate of drug-likeness (QED) is 0.552. The molecule has 2 aromatic heterocycles. The fourth-order valence-electron chi connectivity index (χ4n) is 3.22. The summed E-state index contributed by atoms with van der Waals surface area (Å²) < 4.78 is 19.8. The average Bonchev–Trinajstić information content (AvgIpc) is 2.80. The van der Waals surface area contributed by atoms with E-state index >= 15 is 0 Å². The van der Waals surface area contributed by atoms with Gasteiger partial charge in [0.1, 0.15) is 11.6 Å². The maximum Gasteiger partial charge on any atom is 0.246 e. The van der Waals surface area contributed by atoms with Crippen LogP contribution in [0.15, 0.2) is 67.1 Å². The molecule has 0 unspecified atom stereocenters. The molecule has 3 heterocycles. The van der Waals surface area contributed by atoms with Crippen molar-refractivity contribution in [2.75, 3.05) is 31.1 Å². The fraction of sp³-hybridized carbons (Fsp3) is 0.174. The first-order chi connectivity index (χ1) is 15.1. The summed E-state index contributed by atoms with van der Waals surface area (Å²) in [4.78, 5) is 24.6. The van der Waals surface area contributed by atoms with E-state index in [0.717, 1.165) is 5.82 Å². The van der Waals surface area contributed by atoms with Gasteiger partial charge in [0.25, 0.3) is 0 Å². The molecule has 1 fully saturated rings. The summed E-state index contributed by atoms with van der Waals surface area (Å²) in [6.45, 7) is 2.53. The average molecular weight is 439 g/mol. The summed E-state index contributed by atoms with van der Waals surface area (Å²) in [5.74, 6) is 0.773. The predicted octanol–water partition coefficient (Wildman–Crippen LogP) is 4.42. The van der Waals surface area contributed by atoms with E-state index in [1.54, 1.807) is 47.6 Å². The number of hydrogen-bond acceptors (Lipinski definition) is 5. The molecule has 0 atom stereocenters. The van der Waals surface area contributed by atoms with Crippen LogP contribution in [0.4, 0.5) is 10.2 Å². The van der Waals surface area contributed by atoms with Crippen molar-refractivity contribution in [1.82, 2.24) is 14.9 Å². The Morgan fingerprint density at radius 1 is 1.10 bits per heavy atom. The Balaban J connectivity index is 1.33. The molecule has 6 nitrogen and oxygen atoms in total. The van der Waals surface area contributed by atoms with Crippen molar-refractivity contribution >= 4 is 29.4 Å². The Morgan fingerprint density at radius 3 is 2.61 bits per heavy atom. The zero-order valence-corrected chi connectivity index (χ0v) is 17.4. The highest BCUT2D eigenvalue weighted by atomic mass is 35.5. The van der Waals surface area contributed by atoms with Crippen molar-refractivity contribution in [2.45, 2.75) is 0 Å². The Morgan fingerprint density at radius 2 is 1.94 bits per heavy atom. The number of piperazine rings is 1. The van der Waals surface area contributed by atoms with Crippen LogP contribution in [0, 0.1) is 5.82 Å². The second-order valence-corrected chi connectivity index (χ2v) is 7.40. The van der Waals surface area contributed by atoms with E-state index in [9.17, 15) is 9.18 Å². The molecule has 0 aliphatic carbocycles. The number of rotatable bonds is 5. The van der Waals surface area contributed by atoms with Crippen molar-refractivity contribution in [1.29, 1.82) is 0 Å². The van der Waals surface area contributed by atoms with Gasteiger partial charge >= 0.3 is 0 Å². The minimum absolute atomic E-state index is 0.100. The molecular formula is C23H20ClFN4O2. The first-order valence-electron chi connectivity index (χ1n) is 9.79. The van der Waals surface area contributed by atoms with Gasteiger partial charge in [-0.25, -0.2) is 9.37 Å². The van der Waals surface area contributed by atoms with Crippen LogP contribution in [-0.4, -0.2) is 47.0 Å². The third-order valence-corrected chi connectivity index (χ3v) is 5.09. The molecule has 8 heteroatoms. The molecule has 3 aromatic rings. The number of anilines is 1. The maximum atomic E-state index is 14.3. The summed E-state index contributed by atoms with van der Waals surface area (Å²) in [5.41, 5.74) is 0.577. The summed E-state index contributed by atoms with van der Waals surface area (Å²) in [5, 5.41) is 0.593. The highest BCUT2D eigenvalue weighted by Gasteiger charge is 2.20. The lowest BCUT2D eigenvalue weighted by Crippen LogP contribution is -2.48. The lowest BCUT2D eigenvalue weighted by atomic mass is 10.2. The molecule has 0 radical (unpaired) electrons. The van der Waals surface area contributed by atoms with Gasteiger partial charge in [0.15, 0.2) is 11.6 Å². The van der Waals surface area contributed by atoms with Crippen LogP contribution in [0.3, 0.4) is 0 Å². The van der Waals surface area contributed by atoms with Gasteiger partial charge in [-0.3, -0.25) is 9.78 Å². The van der Waals surface area contributed by atoms with Gasteiger partial charge in [0.2, 0.25) is 5.91 Å². The molecule has 1 amide bonds. The smallest absolute Gasteiger partial charge is 0.246 e. The third kappa shape index (κ3) is 5.38. The standard InChI is InChI=1S/C23H20ClFN4O2/c24-18-5-7-22(27-15-18)28-10-12-29(13-11-28)23(30)8-4-17-3-6-21(20(25)14-17)31-19-2-1-9-26-16-19/h1-9,14-16H,10-13H2/b8-4+. The molecule has 158 valence electrons. The molecular weight excluding hydrogens is 419 g/mol. The highest BCUT2D eigenvalue weighted by Crippen LogP contribution is 2.25. The molecule has 0 saturated carbocycles. The van der Waals surface area contributed by atoms with E-state index in [1.165, 1.54) is 24.4 Å². The second-order valence-electron chi connectivity index (χ2n) is 6.96. The van der Waals surface area contributed by atoms with Gasteiger partial charge in [-0.2, -0.15) is 0 Å². The van der Waals surface area contributed by atoms with Gasteiger partial charge in [0, 0.05) is 44.6 Å². The predicted molar refractivity (Wildman–Crippen MR) is 118 cm³/mol. The second kappa shape index (κ2) is 9.57. The van der Waals surface area contributed by atoms with Gasteiger partial charge < -0.3 is 14.5 Å². The SMILES string of the molecule is O=C(/C=C/c1ccc(Oc2cccnc2)c(F)c1)N1CCN(c2ccc(Cl)cn2)CC1. The van der Waals surface area contributed by atoms with Crippen LogP contribution in [0.5, 0.6) is 11.5 Å². The Kier molecular flexibility index (Phi) is 6.43. The number of aromatic nitrogens is 2.